The predicted molar refractivity (Wildman–Crippen MR) is 108 cm³/mol. The molecular weight excluding hydrogens is 374 g/mol. The molecule has 0 bridgehead atoms. The topological polar surface area (TPSA) is 112 Å². The number of hydrogen-bond acceptors (Lipinski definition) is 3. The molecule has 0 amide bonds. The lowest BCUT2D eigenvalue weighted by Crippen LogP contribution is -2.35. The lowest BCUT2D eigenvalue weighted by molar-refractivity contribution is -0.870. The van der Waals surface area contributed by atoms with Gasteiger partial charge < -0.3 is 19.8 Å². The average Bonchev–Trinajstić information content (AvgIpc) is 2.50. The molecule has 0 saturated carbocycles. The van der Waals surface area contributed by atoms with Gasteiger partial charge in [-0.3, -0.25) is 0 Å². The fourth-order valence-corrected chi connectivity index (χ4v) is 1.76. The summed E-state index contributed by atoms with van der Waals surface area (Å²) in [5.41, 5.74) is 0.720. The van der Waals surface area contributed by atoms with E-state index >= 15 is 0 Å². The Hall–Kier alpha value is -2.12. The summed E-state index contributed by atoms with van der Waals surface area (Å²) in [6, 6.07) is 0. The number of nitrogens with zero attached hydrogens (tertiary/aromatic N) is 1. The highest BCUT2D eigenvalue weighted by atomic mass is 35.5. The Balaban J connectivity index is -0.000000416. The predicted octanol–water partition coefficient (Wildman–Crippen LogP) is 3.36. The molecule has 0 aliphatic heterocycles. The maximum Gasteiger partial charge on any atom is 0.331 e. The van der Waals surface area contributed by atoms with E-state index in [9.17, 15) is 14.4 Å². The number of carboxylic acids is 3. The van der Waals surface area contributed by atoms with Crippen LogP contribution >= 0.6 is 12.4 Å². The minimum atomic E-state index is -1.01. The van der Waals surface area contributed by atoms with Gasteiger partial charge in [0.25, 0.3) is 0 Å². The molecule has 0 aromatic carbocycles. The van der Waals surface area contributed by atoms with Gasteiger partial charge in [-0.25, -0.2) is 14.4 Å². The van der Waals surface area contributed by atoms with Gasteiger partial charge in [-0.15, -0.1) is 12.4 Å². The Morgan fingerprint density at radius 2 is 1.22 bits per heavy atom. The molecule has 0 radical (unpaired) electrons. The highest BCUT2D eigenvalue weighted by molar-refractivity contribution is 5.89. The quantitative estimate of drug-likeness (QED) is 0.291. The second-order valence-corrected chi connectivity index (χ2v) is 6.73. The van der Waals surface area contributed by atoms with Crippen LogP contribution in [0.2, 0.25) is 0 Å². The van der Waals surface area contributed by atoms with Crippen molar-refractivity contribution in [2.45, 2.75) is 39.5 Å². The largest absolute Gasteiger partial charge is 0.478 e. The second kappa shape index (κ2) is 15.0. The van der Waals surface area contributed by atoms with Gasteiger partial charge in [0.05, 0.1) is 27.7 Å². The molecule has 0 spiro atoms. The molecule has 0 atom stereocenters. The third-order valence-corrected chi connectivity index (χ3v) is 3.41. The second-order valence-electron chi connectivity index (χ2n) is 6.73. The Morgan fingerprint density at radius 3 is 1.44 bits per heavy atom. The van der Waals surface area contributed by atoms with Gasteiger partial charge >= 0.3 is 17.9 Å². The zero-order chi connectivity index (χ0) is 20.9. The number of allylic oxidation sites excluding steroid dienone is 2. The summed E-state index contributed by atoms with van der Waals surface area (Å²) >= 11 is 0. The normalized spacial score (nSPS) is 11.6. The van der Waals surface area contributed by atoms with E-state index in [2.05, 4.69) is 27.7 Å². The first-order valence-corrected chi connectivity index (χ1v) is 8.43. The van der Waals surface area contributed by atoms with Gasteiger partial charge in [-0.2, -0.15) is 0 Å². The molecule has 0 aliphatic rings. The minimum Gasteiger partial charge on any atom is -0.478 e. The van der Waals surface area contributed by atoms with Gasteiger partial charge in [-0.1, -0.05) is 32.6 Å². The molecule has 0 rings (SSSR count). The molecule has 3 N–H and O–H groups in total. The molecule has 0 aromatic rings. The van der Waals surface area contributed by atoms with Crippen molar-refractivity contribution in [1.29, 1.82) is 0 Å². The van der Waals surface area contributed by atoms with E-state index < -0.39 is 17.9 Å². The van der Waals surface area contributed by atoms with Crippen LogP contribution < -0.4 is 0 Å². The lowest BCUT2D eigenvalue weighted by Gasteiger charge is -2.23. The van der Waals surface area contributed by atoms with Crippen LogP contribution in [0.15, 0.2) is 35.5 Å². The number of rotatable bonds is 10. The monoisotopic (exact) mass is 406 g/mol. The maximum atomic E-state index is 10.6. The highest BCUT2D eigenvalue weighted by Crippen LogP contribution is 2.06. The van der Waals surface area contributed by atoms with Crippen LogP contribution in [-0.2, 0) is 14.4 Å². The van der Waals surface area contributed by atoms with Crippen molar-refractivity contribution >= 4 is 30.3 Å². The maximum absolute atomic E-state index is 10.6. The fraction of sp³-hybridized carbons (Fsp3) is 0.526. The highest BCUT2D eigenvalue weighted by Gasteiger charge is 2.09. The molecule has 0 aromatic heterocycles. The number of aliphatic carboxylic acids is 3. The molecule has 8 heteroatoms. The summed E-state index contributed by atoms with van der Waals surface area (Å²) in [5, 5.41) is 25.8. The van der Waals surface area contributed by atoms with E-state index in [1.165, 1.54) is 12.2 Å². The van der Waals surface area contributed by atoms with Crippen molar-refractivity contribution in [2.75, 3.05) is 27.7 Å². The van der Waals surface area contributed by atoms with Crippen LogP contribution in [0.25, 0.3) is 0 Å². The van der Waals surface area contributed by atoms with Crippen molar-refractivity contribution in [1.82, 2.24) is 0 Å². The standard InChI is InChI=1S/C10H14O4.C9H17NO2.ClH/c1-3-7(9(11)12)5-6-8(4-2)10(13)14;1-8(9(11)12)6-5-7-10(2,3)4;/h5-6H,3-4H2,1-2H3,(H,11,12)(H,13,14);1,5-7H2,2-4H3;1H/p+1. The molecule has 0 fully saturated rings. The van der Waals surface area contributed by atoms with Crippen LogP contribution in [0.4, 0.5) is 0 Å². The first kappa shape index (κ1) is 29.6. The third-order valence-electron chi connectivity index (χ3n) is 3.41. The molecule has 7 nitrogen and oxygen atoms in total. The molecule has 27 heavy (non-hydrogen) atoms. The van der Waals surface area contributed by atoms with E-state index in [-0.39, 0.29) is 23.6 Å². The first-order chi connectivity index (χ1) is 11.9. The number of carboxylic acid groups (broad SMARTS) is 3. The van der Waals surface area contributed by atoms with Crippen LogP contribution in [-0.4, -0.2) is 65.4 Å². The van der Waals surface area contributed by atoms with Crippen molar-refractivity contribution in [3.63, 3.8) is 0 Å². The fourth-order valence-electron chi connectivity index (χ4n) is 1.76. The molecule has 0 aliphatic carbocycles. The SMILES string of the molecule is C=C(CCC[N+](C)(C)C)C(=O)O.CCC(=CC=C(CC)C(=O)O)C(=O)O.Cl. The molecule has 0 unspecified atom stereocenters. The van der Waals surface area contributed by atoms with Gasteiger partial charge in [-0.05, 0) is 19.3 Å². The van der Waals surface area contributed by atoms with Crippen LogP contribution in [0.3, 0.4) is 0 Å². The van der Waals surface area contributed by atoms with Gasteiger partial charge in [0, 0.05) is 23.1 Å². The van der Waals surface area contributed by atoms with Crippen LogP contribution in [0.5, 0.6) is 0 Å². The Morgan fingerprint density at radius 1 is 0.852 bits per heavy atom. The van der Waals surface area contributed by atoms with Crippen LogP contribution in [0, 0.1) is 0 Å². The number of hydrogen-bond donors (Lipinski definition) is 3. The van der Waals surface area contributed by atoms with Crippen molar-refractivity contribution < 1.29 is 34.2 Å². The Bertz CT molecular complexity index is 543. The van der Waals surface area contributed by atoms with Gasteiger partial charge in [0.15, 0.2) is 0 Å². The van der Waals surface area contributed by atoms with E-state index in [1.807, 2.05) is 0 Å². The van der Waals surface area contributed by atoms with Gasteiger partial charge in [0.1, 0.15) is 0 Å². The summed E-state index contributed by atoms with van der Waals surface area (Å²) in [6.07, 6.45) is 4.91. The van der Waals surface area contributed by atoms with E-state index in [0.29, 0.717) is 24.8 Å². The number of carbonyl (C=O) groups is 3. The molecule has 0 saturated heterocycles. The smallest absolute Gasteiger partial charge is 0.331 e. The zero-order valence-electron chi connectivity index (χ0n) is 16.8. The van der Waals surface area contributed by atoms with Gasteiger partial charge in [0.2, 0.25) is 0 Å². The van der Waals surface area contributed by atoms with Crippen molar-refractivity contribution in [3.8, 4) is 0 Å². The summed E-state index contributed by atoms with van der Waals surface area (Å²) in [6.45, 7) is 7.86. The Labute approximate surface area is 167 Å². The van der Waals surface area contributed by atoms with Crippen molar-refractivity contribution in [2.24, 2.45) is 0 Å². The molecule has 0 heterocycles. The van der Waals surface area contributed by atoms with Crippen LogP contribution in [0.1, 0.15) is 39.5 Å². The lowest BCUT2D eigenvalue weighted by atomic mass is 10.1. The summed E-state index contributed by atoms with van der Waals surface area (Å²) < 4.78 is 0.868. The van der Waals surface area contributed by atoms with Crippen molar-refractivity contribution in [3.05, 3.63) is 35.5 Å². The molecule has 156 valence electrons. The summed E-state index contributed by atoms with van der Waals surface area (Å²) in [4.78, 5) is 31.5. The summed E-state index contributed by atoms with van der Waals surface area (Å²) in [5.74, 6) is -2.90. The summed E-state index contributed by atoms with van der Waals surface area (Å²) in [7, 11) is 6.26. The van der Waals surface area contributed by atoms with E-state index in [1.54, 1.807) is 13.8 Å². The van der Waals surface area contributed by atoms with E-state index in [0.717, 1.165) is 17.4 Å². The number of halogens is 1. The first-order valence-electron chi connectivity index (χ1n) is 8.43. The average molecular weight is 407 g/mol. The third kappa shape index (κ3) is 17.1. The minimum absolute atomic E-state index is 0. The number of quaternary nitrogens is 1. The Kier molecular flexibility index (Phi) is 16.5. The van der Waals surface area contributed by atoms with E-state index in [4.69, 9.17) is 15.3 Å². The zero-order valence-corrected chi connectivity index (χ0v) is 17.6. The molecular formula is C19H33ClNO6+.